The average molecular weight is 721 g/mol. The maximum Gasteiger partial charge on any atom is 0.408 e. The Bertz CT molecular complexity index is 1840. The summed E-state index contributed by atoms with van der Waals surface area (Å²) in [5.41, 5.74) is 4.22. The van der Waals surface area contributed by atoms with E-state index in [0.717, 1.165) is 71.4 Å². The van der Waals surface area contributed by atoms with Crippen LogP contribution in [0.2, 0.25) is 0 Å². The molecule has 276 valence electrons. The summed E-state index contributed by atoms with van der Waals surface area (Å²) in [7, 11) is 0. The van der Waals surface area contributed by atoms with Gasteiger partial charge in [0.2, 0.25) is 11.9 Å². The number of benzene rings is 3. The number of likely N-dealkylation sites (tertiary alicyclic amines) is 1. The molecule has 0 bridgehead atoms. The van der Waals surface area contributed by atoms with Crippen molar-refractivity contribution in [1.82, 2.24) is 25.1 Å². The van der Waals surface area contributed by atoms with Crippen LogP contribution in [0.5, 0.6) is 0 Å². The molecule has 0 radical (unpaired) electrons. The number of alkyl carbamates (subject to hydrolysis) is 1. The summed E-state index contributed by atoms with van der Waals surface area (Å²) in [5, 5.41) is 12.1. The van der Waals surface area contributed by atoms with E-state index in [9.17, 15) is 19.5 Å². The van der Waals surface area contributed by atoms with Gasteiger partial charge in [-0.2, -0.15) is 0 Å². The van der Waals surface area contributed by atoms with Gasteiger partial charge < -0.3 is 29.5 Å². The molecule has 0 aliphatic carbocycles. The lowest BCUT2D eigenvalue weighted by atomic mass is 9.90. The first kappa shape index (κ1) is 36.2. The van der Waals surface area contributed by atoms with Gasteiger partial charge in [0, 0.05) is 56.6 Å². The van der Waals surface area contributed by atoms with Crippen molar-refractivity contribution in [2.45, 2.75) is 57.6 Å². The van der Waals surface area contributed by atoms with Crippen molar-refractivity contribution in [3.05, 3.63) is 125 Å². The van der Waals surface area contributed by atoms with Crippen molar-refractivity contribution in [3.63, 3.8) is 0 Å². The van der Waals surface area contributed by atoms with Gasteiger partial charge >= 0.3 is 6.09 Å². The number of carbonyl (C=O) groups excluding carboxylic acids is 3. The predicted octanol–water partition coefficient (Wildman–Crippen LogP) is 4.14. The standard InChI is InChI=1S/C40H44N6O7/c1-27-34(24-44-18-20-45(21-19-44)39-41-16-5-17-42-39)52-38(53-36(27)31-12-10-29(25-47)11-13-31)32-14-8-28(9-15-32)23-46-35(48)22-33(37(46)49)43-40(50)51-26-30-6-3-2-4-7-30/h2-17,27,33-34,36,38,47H,18-26H2,1H3,(H,43,50). The van der Waals surface area contributed by atoms with Crippen LogP contribution in [0.4, 0.5) is 10.7 Å². The highest BCUT2D eigenvalue weighted by atomic mass is 16.7. The molecular formula is C40H44N6O7. The maximum atomic E-state index is 13.1. The lowest BCUT2D eigenvalue weighted by Crippen LogP contribution is -2.51. The Morgan fingerprint density at radius 2 is 1.53 bits per heavy atom. The van der Waals surface area contributed by atoms with Crippen LogP contribution in [0.15, 0.2) is 97.3 Å². The Morgan fingerprint density at radius 3 is 2.23 bits per heavy atom. The molecule has 3 aliphatic heterocycles. The zero-order valence-corrected chi connectivity index (χ0v) is 29.6. The smallest absolute Gasteiger partial charge is 0.408 e. The summed E-state index contributed by atoms with van der Waals surface area (Å²) in [6, 6.07) is 25.4. The quantitative estimate of drug-likeness (QED) is 0.216. The number of amides is 3. The van der Waals surface area contributed by atoms with E-state index in [-0.39, 0.29) is 50.2 Å². The second-order valence-corrected chi connectivity index (χ2v) is 13.7. The molecule has 7 rings (SSSR count). The molecule has 3 amide bonds. The lowest BCUT2D eigenvalue weighted by molar-refractivity contribution is -0.276. The normalized spacial score (nSPS) is 23.6. The Balaban J connectivity index is 0.993. The van der Waals surface area contributed by atoms with E-state index in [1.54, 1.807) is 12.4 Å². The van der Waals surface area contributed by atoms with Gasteiger partial charge in [0.1, 0.15) is 12.6 Å². The van der Waals surface area contributed by atoms with Gasteiger partial charge in [-0.25, -0.2) is 14.8 Å². The molecule has 2 N–H and O–H groups in total. The summed E-state index contributed by atoms with van der Waals surface area (Å²) in [4.78, 5) is 53.0. The number of imide groups is 1. The highest BCUT2D eigenvalue weighted by Crippen LogP contribution is 2.42. The van der Waals surface area contributed by atoms with Crippen molar-refractivity contribution >= 4 is 23.9 Å². The van der Waals surface area contributed by atoms with Gasteiger partial charge in [-0.3, -0.25) is 19.4 Å². The van der Waals surface area contributed by atoms with Crippen molar-refractivity contribution in [2.24, 2.45) is 5.92 Å². The van der Waals surface area contributed by atoms with Crippen molar-refractivity contribution in [1.29, 1.82) is 0 Å². The average Bonchev–Trinajstić information content (AvgIpc) is 3.46. The fraction of sp³-hybridized carbons (Fsp3) is 0.375. The monoisotopic (exact) mass is 720 g/mol. The molecular weight excluding hydrogens is 676 g/mol. The van der Waals surface area contributed by atoms with E-state index in [0.29, 0.717) is 0 Å². The number of nitrogens with one attached hydrogen (secondary N) is 1. The van der Waals surface area contributed by atoms with Gasteiger partial charge in [0.25, 0.3) is 5.91 Å². The minimum atomic E-state index is -0.981. The third-order valence-corrected chi connectivity index (χ3v) is 10.1. The van der Waals surface area contributed by atoms with Crippen LogP contribution in [-0.4, -0.2) is 87.7 Å². The number of anilines is 1. The number of rotatable bonds is 11. The molecule has 13 nitrogen and oxygen atoms in total. The first-order chi connectivity index (χ1) is 25.8. The van der Waals surface area contributed by atoms with Gasteiger partial charge in [0.05, 0.1) is 31.8 Å². The molecule has 3 aromatic carbocycles. The fourth-order valence-electron chi connectivity index (χ4n) is 7.00. The summed E-state index contributed by atoms with van der Waals surface area (Å²) in [6.07, 6.45) is 1.60. The van der Waals surface area contributed by atoms with E-state index < -0.39 is 24.3 Å². The van der Waals surface area contributed by atoms with Crippen LogP contribution in [-0.2, 0) is 43.6 Å². The Morgan fingerprint density at radius 1 is 0.849 bits per heavy atom. The second kappa shape index (κ2) is 16.6. The number of hydrogen-bond acceptors (Lipinski definition) is 11. The summed E-state index contributed by atoms with van der Waals surface area (Å²) in [5.74, 6) is -0.0635. The highest BCUT2D eigenvalue weighted by molar-refractivity contribution is 6.06. The zero-order chi connectivity index (χ0) is 36.7. The molecule has 53 heavy (non-hydrogen) atoms. The Hall–Kier alpha value is -5.21. The van der Waals surface area contributed by atoms with Crippen LogP contribution in [0.3, 0.4) is 0 Å². The molecule has 13 heteroatoms. The fourth-order valence-corrected chi connectivity index (χ4v) is 7.00. The minimum Gasteiger partial charge on any atom is -0.445 e. The van der Waals surface area contributed by atoms with E-state index in [4.69, 9.17) is 14.2 Å². The van der Waals surface area contributed by atoms with Crippen molar-refractivity contribution in [2.75, 3.05) is 37.6 Å². The van der Waals surface area contributed by atoms with Crippen LogP contribution >= 0.6 is 0 Å². The van der Waals surface area contributed by atoms with Gasteiger partial charge in [-0.1, -0.05) is 85.8 Å². The van der Waals surface area contributed by atoms with E-state index >= 15 is 0 Å². The first-order valence-corrected chi connectivity index (χ1v) is 18.0. The van der Waals surface area contributed by atoms with Crippen molar-refractivity contribution in [3.8, 4) is 0 Å². The van der Waals surface area contributed by atoms with E-state index in [1.807, 2.05) is 84.9 Å². The molecule has 4 aromatic rings. The number of aliphatic hydroxyl groups is 1. The van der Waals surface area contributed by atoms with Crippen LogP contribution in [0.1, 0.15) is 53.6 Å². The second-order valence-electron chi connectivity index (χ2n) is 13.7. The molecule has 1 aromatic heterocycles. The molecule has 0 saturated carbocycles. The van der Waals surface area contributed by atoms with Crippen molar-refractivity contribution < 1.29 is 33.7 Å². The third kappa shape index (κ3) is 8.71. The number of hydrogen-bond donors (Lipinski definition) is 2. The number of piperazine rings is 1. The van der Waals surface area contributed by atoms with Gasteiger partial charge in [-0.15, -0.1) is 0 Å². The number of aromatic nitrogens is 2. The molecule has 0 spiro atoms. The Labute approximate surface area is 308 Å². The van der Waals surface area contributed by atoms with Crippen LogP contribution in [0, 0.1) is 5.92 Å². The number of ether oxygens (including phenoxy) is 3. The first-order valence-electron chi connectivity index (χ1n) is 18.0. The molecule has 5 atom stereocenters. The van der Waals surface area contributed by atoms with Gasteiger partial charge in [-0.05, 0) is 28.3 Å². The zero-order valence-electron chi connectivity index (χ0n) is 29.6. The molecule has 3 fully saturated rings. The number of aliphatic hydroxyl groups excluding tert-OH is 1. The maximum absolute atomic E-state index is 13.1. The molecule has 3 aliphatic rings. The third-order valence-electron chi connectivity index (χ3n) is 10.1. The van der Waals surface area contributed by atoms with Crippen LogP contribution < -0.4 is 10.2 Å². The van der Waals surface area contributed by atoms with Crippen LogP contribution in [0.25, 0.3) is 0 Å². The highest BCUT2D eigenvalue weighted by Gasteiger charge is 2.41. The molecule has 3 saturated heterocycles. The summed E-state index contributed by atoms with van der Waals surface area (Å²) >= 11 is 0. The number of carbonyl (C=O) groups is 3. The largest absolute Gasteiger partial charge is 0.445 e. The molecule has 4 heterocycles. The minimum absolute atomic E-state index is 0.0326. The number of nitrogens with zero attached hydrogens (tertiary/aromatic N) is 5. The van der Waals surface area contributed by atoms with Gasteiger partial charge in [0.15, 0.2) is 6.29 Å². The Kier molecular flexibility index (Phi) is 11.4. The summed E-state index contributed by atoms with van der Waals surface area (Å²) < 4.78 is 18.6. The topological polar surface area (TPSA) is 147 Å². The predicted molar refractivity (Wildman–Crippen MR) is 194 cm³/mol. The molecule has 5 unspecified atom stereocenters. The van der Waals surface area contributed by atoms with E-state index in [2.05, 4.69) is 32.0 Å². The van der Waals surface area contributed by atoms with E-state index in [1.165, 1.54) is 0 Å². The summed E-state index contributed by atoms with van der Waals surface area (Å²) in [6.45, 7) is 6.30. The lowest BCUT2D eigenvalue weighted by Gasteiger charge is -2.44. The SMILES string of the molecule is CC1C(CN2CCN(c3ncccn3)CC2)OC(c2ccc(CN3C(=O)CC(NC(=O)OCc4ccccc4)C3=O)cc2)OC1c1ccc(CO)cc1.